The maximum atomic E-state index is 12.6. The molecule has 0 atom stereocenters. The number of H-pyrrole nitrogens is 1. The summed E-state index contributed by atoms with van der Waals surface area (Å²) in [4.78, 5) is 32.0. The van der Waals surface area contributed by atoms with Gasteiger partial charge in [0.1, 0.15) is 5.69 Å². The lowest BCUT2D eigenvalue weighted by Gasteiger charge is -2.08. The van der Waals surface area contributed by atoms with E-state index in [1.165, 1.54) is 12.4 Å². The largest absolute Gasteiger partial charge is 0.347 e. The van der Waals surface area contributed by atoms with E-state index in [0.29, 0.717) is 22.3 Å². The van der Waals surface area contributed by atoms with E-state index in [4.69, 9.17) is 23.2 Å². The Hall–Kier alpha value is -3.61. The summed E-state index contributed by atoms with van der Waals surface area (Å²) in [6, 6.07) is 22.6. The number of aromatic nitrogens is 2. The fourth-order valence-electron chi connectivity index (χ4n) is 3.12. The maximum absolute atomic E-state index is 12.6. The van der Waals surface area contributed by atoms with Crippen LogP contribution in [-0.2, 0) is 6.54 Å². The molecule has 3 aromatic carbocycles. The van der Waals surface area contributed by atoms with E-state index in [1.807, 2.05) is 54.6 Å². The van der Waals surface area contributed by atoms with E-state index in [2.05, 4.69) is 20.6 Å². The number of rotatable bonds is 6. The molecule has 0 unspecified atom stereocenters. The van der Waals surface area contributed by atoms with Gasteiger partial charge in [0.05, 0.1) is 16.4 Å². The first kappa shape index (κ1) is 21.6. The Labute approximate surface area is 194 Å². The number of aromatic amines is 1. The summed E-state index contributed by atoms with van der Waals surface area (Å²) in [5.41, 5.74) is 3.64. The van der Waals surface area contributed by atoms with Crippen molar-refractivity contribution in [3.63, 3.8) is 0 Å². The average Bonchev–Trinajstić information content (AvgIpc) is 3.31. The first-order valence-corrected chi connectivity index (χ1v) is 10.5. The lowest BCUT2D eigenvalue weighted by molar-refractivity contribution is 0.0933. The molecule has 2 amide bonds. The van der Waals surface area contributed by atoms with Crippen LogP contribution < -0.4 is 10.6 Å². The van der Waals surface area contributed by atoms with Crippen molar-refractivity contribution in [2.45, 2.75) is 6.54 Å². The first-order valence-electron chi connectivity index (χ1n) is 9.73. The Balaban J connectivity index is 1.40. The van der Waals surface area contributed by atoms with Crippen molar-refractivity contribution in [3.8, 4) is 11.1 Å². The molecule has 3 N–H and O–H groups in total. The number of halogens is 2. The molecule has 4 rings (SSSR count). The summed E-state index contributed by atoms with van der Waals surface area (Å²) >= 11 is 11.9. The topological polar surface area (TPSA) is 86.9 Å². The van der Waals surface area contributed by atoms with Crippen molar-refractivity contribution in [2.24, 2.45) is 0 Å². The normalized spacial score (nSPS) is 10.6. The average molecular weight is 465 g/mol. The number of anilines is 1. The second-order valence-electron chi connectivity index (χ2n) is 6.95. The Morgan fingerprint density at radius 3 is 2.28 bits per heavy atom. The lowest BCUT2D eigenvalue weighted by Crippen LogP contribution is -2.26. The summed E-state index contributed by atoms with van der Waals surface area (Å²) in [6.07, 6.45) is 1.30. The highest BCUT2D eigenvalue weighted by molar-refractivity contribution is 6.42. The molecular weight excluding hydrogens is 447 g/mol. The number of hydrogen-bond donors (Lipinski definition) is 3. The maximum Gasteiger partial charge on any atom is 0.276 e. The van der Waals surface area contributed by atoms with Gasteiger partial charge in [-0.3, -0.25) is 9.59 Å². The van der Waals surface area contributed by atoms with Gasteiger partial charge in [0.15, 0.2) is 5.69 Å². The quantitative estimate of drug-likeness (QED) is 0.348. The summed E-state index contributed by atoms with van der Waals surface area (Å²) in [5.74, 6) is -0.976. The fraction of sp³-hybridized carbons (Fsp3) is 0.0417. The van der Waals surface area contributed by atoms with Gasteiger partial charge in [0, 0.05) is 12.2 Å². The second kappa shape index (κ2) is 9.68. The Morgan fingerprint density at radius 1 is 0.844 bits per heavy atom. The van der Waals surface area contributed by atoms with E-state index < -0.39 is 11.8 Å². The molecule has 0 aliphatic heterocycles. The van der Waals surface area contributed by atoms with Gasteiger partial charge in [-0.05, 0) is 34.9 Å². The van der Waals surface area contributed by atoms with Crippen molar-refractivity contribution in [1.82, 2.24) is 15.3 Å². The number of carbonyl (C=O) groups excluding carboxylic acids is 2. The zero-order valence-electron chi connectivity index (χ0n) is 16.7. The molecule has 0 spiro atoms. The van der Waals surface area contributed by atoms with Crippen molar-refractivity contribution in [1.29, 1.82) is 0 Å². The molecule has 8 heteroatoms. The summed E-state index contributed by atoms with van der Waals surface area (Å²) in [6.45, 7) is 0.306. The molecule has 0 bridgehead atoms. The third-order valence-corrected chi connectivity index (χ3v) is 5.51. The Kier molecular flexibility index (Phi) is 6.54. The monoisotopic (exact) mass is 464 g/mol. The van der Waals surface area contributed by atoms with Crippen molar-refractivity contribution in [3.05, 3.63) is 106 Å². The number of hydrogen-bond acceptors (Lipinski definition) is 3. The molecular formula is C24H18Cl2N4O2. The van der Waals surface area contributed by atoms with Crippen LogP contribution in [0, 0.1) is 0 Å². The van der Waals surface area contributed by atoms with Gasteiger partial charge in [0.2, 0.25) is 0 Å². The second-order valence-corrected chi connectivity index (χ2v) is 7.77. The summed E-state index contributed by atoms with van der Waals surface area (Å²) < 4.78 is 0. The predicted octanol–water partition coefficient (Wildman–Crippen LogP) is 5.57. The van der Waals surface area contributed by atoms with Crippen LogP contribution in [-0.4, -0.2) is 21.8 Å². The molecule has 160 valence electrons. The minimum atomic E-state index is -0.540. The summed E-state index contributed by atoms with van der Waals surface area (Å²) in [7, 11) is 0. The Morgan fingerprint density at radius 2 is 1.56 bits per heavy atom. The highest BCUT2D eigenvalue weighted by atomic mass is 35.5. The number of nitrogens with one attached hydrogen (secondary N) is 3. The van der Waals surface area contributed by atoms with Crippen LogP contribution >= 0.6 is 23.2 Å². The van der Waals surface area contributed by atoms with Gasteiger partial charge >= 0.3 is 0 Å². The highest BCUT2D eigenvalue weighted by Gasteiger charge is 2.20. The van der Waals surface area contributed by atoms with Crippen LogP contribution in [0.15, 0.2) is 79.1 Å². The molecule has 0 aliphatic carbocycles. The van der Waals surface area contributed by atoms with Gasteiger partial charge in [0.25, 0.3) is 11.8 Å². The van der Waals surface area contributed by atoms with Crippen molar-refractivity contribution >= 4 is 40.7 Å². The zero-order chi connectivity index (χ0) is 22.5. The lowest BCUT2D eigenvalue weighted by atomic mass is 10.0. The van der Waals surface area contributed by atoms with Crippen LogP contribution in [0.4, 0.5) is 5.69 Å². The minimum Gasteiger partial charge on any atom is -0.347 e. The highest BCUT2D eigenvalue weighted by Crippen LogP contribution is 2.25. The first-order chi connectivity index (χ1) is 15.5. The van der Waals surface area contributed by atoms with Gasteiger partial charge in [-0.25, -0.2) is 4.98 Å². The molecule has 1 aromatic heterocycles. The van der Waals surface area contributed by atoms with Crippen molar-refractivity contribution < 1.29 is 9.59 Å². The third-order valence-electron chi connectivity index (χ3n) is 4.77. The molecule has 6 nitrogen and oxygen atoms in total. The molecule has 0 radical (unpaired) electrons. The van der Waals surface area contributed by atoms with Crippen molar-refractivity contribution in [2.75, 3.05) is 5.32 Å². The zero-order valence-corrected chi connectivity index (χ0v) is 18.2. The van der Waals surface area contributed by atoms with Crippen LogP contribution in [0.1, 0.15) is 26.5 Å². The fourth-order valence-corrected chi connectivity index (χ4v) is 3.42. The van der Waals surface area contributed by atoms with E-state index in [-0.39, 0.29) is 11.4 Å². The standard InChI is InChI=1S/C24H18Cl2N4O2/c25-19-11-10-18(12-20(19)26)30-24(32)22-21(28-14-29-22)23(31)27-13-15-6-8-17(9-7-15)16-4-2-1-3-5-16/h1-12,14H,13H2,(H,27,31)(H,28,29)(H,30,32). The number of benzene rings is 3. The van der Waals surface area contributed by atoms with E-state index in [9.17, 15) is 9.59 Å². The number of carbonyl (C=O) groups is 2. The number of amides is 2. The van der Waals surface area contributed by atoms with Crippen LogP contribution in [0.3, 0.4) is 0 Å². The van der Waals surface area contributed by atoms with Gasteiger partial charge in [-0.2, -0.15) is 0 Å². The van der Waals surface area contributed by atoms with E-state index in [0.717, 1.165) is 16.7 Å². The van der Waals surface area contributed by atoms with E-state index >= 15 is 0 Å². The molecule has 0 saturated carbocycles. The van der Waals surface area contributed by atoms with E-state index in [1.54, 1.807) is 12.1 Å². The van der Waals surface area contributed by atoms with Gasteiger partial charge in [-0.1, -0.05) is 77.8 Å². The third kappa shape index (κ3) is 4.99. The molecule has 1 heterocycles. The number of imidazole rings is 1. The van der Waals surface area contributed by atoms with Gasteiger partial charge < -0.3 is 15.6 Å². The summed E-state index contributed by atoms with van der Waals surface area (Å²) in [5, 5.41) is 6.15. The Bertz CT molecular complexity index is 1250. The smallest absolute Gasteiger partial charge is 0.276 e. The molecule has 0 saturated heterocycles. The predicted molar refractivity (Wildman–Crippen MR) is 126 cm³/mol. The molecule has 0 fully saturated rings. The molecule has 4 aromatic rings. The molecule has 32 heavy (non-hydrogen) atoms. The van der Waals surface area contributed by atoms with Crippen LogP contribution in [0.2, 0.25) is 10.0 Å². The molecule has 0 aliphatic rings. The van der Waals surface area contributed by atoms with Crippen LogP contribution in [0.5, 0.6) is 0 Å². The minimum absolute atomic E-state index is 0.0204. The van der Waals surface area contributed by atoms with Crippen LogP contribution in [0.25, 0.3) is 11.1 Å². The number of nitrogens with zero attached hydrogens (tertiary/aromatic N) is 1. The SMILES string of the molecule is O=C(Nc1ccc(Cl)c(Cl)c1)c1nc[nH]c1C(=O)NCc1ccc(-c2ccccc2)cc1. The van der Waals surface area contributed by atoms with Gasteiger partial charge in [-0.15, -0.1) is 0 Å².